The third-order valence-corrected chi connectivity index (χ3v) is 6.01. The minimum atomic E-state index is -0.701. The fourth-order valence-electron chi connectivity index (χ4n) is 2.87. The van der Waals surface area contributed by atoms with Gasteiger partial charge < -0.3 is 15.0 Å². The number of carbonyl (C=O) groups excluding carboxylic acids is 2. The van der Waals surface area contributed by atoms with Crippen LogP contribution in [0.2, 0.25) is 5.02 Å². The maximum Gasteiger partial charge on any atom is 0.408 e. The molecule has 0 radical (unpaired) electrons. The van der Waals surface area contributed by atoms with Gasteiger partial charge in [0.1, 0.15) is 11.6 Å². The van der Waals surface area contributed by atoms with Crippen LogP contribution in [0.4, 0.5) is 10.5 Å². The van der Waals surface area contributed by atoms with Gasteiger partial charge in [0.25, 0.3) is 5.91 Å². The number of hydrogen-bond acceptors (Lipinski definition) is 4. The molecule has 8 heteroatoms. The number of thioether (sulfide) groups is 1. The molecule has 2 amide bonds. The molecule has 29 heavy (non-hydrogen) atoms. The van der Waals surface area contributed by atoms with Crippen LogP contribution in [-0.2, 0) is 16.1 Å². The van der Waals surface area contributed by atoms with Crippen molar-refractivity contribution in [2.24, 2.45) is 0 Å². The van der Waals surface area contributed by atoms with Gasteiger partial charge >= 0.3 is 6.09 Å². The van der Waals surface area contributed by atoms with Crippen molar-refractivity contribution >= 4 is 57.0 Å². The Balaban J connectivity index is 1.89. The molecule has 1 aliphatic rings. The van der Waals surface area contributed by atoms with E-state index in [-0.39, 0.29) is 5.91 Å². The van der Waals surface area contributed by atoms with E-state index in [1.807, 2.05) is 30.3 Å². The second-order valence-electron chi connectivity index (χ2n) is 7.67. The number of nitrogens with zero attached hydrogens (tertiary/aromatic N) is 1. The van der Waals surface area contributed by atoms with Crippen LogP contribution in [0.5, 0.6) is 0 Å². The number of alkyl carbamates (subject to hydrolysis) is 1. The molecule has 154 valence electrons. The lowest BCUT2D eigenvalue weighted by Crippen LogP contribution is -2.50. The predicted octanol–water partition coefficient (Wildman–Crippen LogP) is 5.63. The van der Waals surface area contributed by atoms with E-state index in [4.69, 9.17) is 16.3 Å². The molecule has 0 saturated heterocycles. The summed E-state index contributed by atoms with van der Waals surface area (Å²) < 4.78 is 6.27. The van der Waals surface area contributed by atoms with Crippen LogP contribution in [0.25, 0.3) is 0 Å². The van der Waals surface area contributed by atoms with E-state index in [9.17, 15) is 9.59 Å². The zero-order valence-corrected chi connectivity index (χ0v) is 19.5. The Morgan fingerprint density at radius 1 is 1.28 bits per heavy atom. The summed E-state index contributed by atoms with van der Waals surface area (Å²) in [4.78, 5) is 28.3. The molecule has 1 aliphatic heterocycles. The van der Waals surface area contributed by atoms with Crippen LogP contribution < -0.4 is 10.2 Å². The Morgan fingerprint density at radius 3 is 2.62 bits per heavy atom. The lowest BCUT2D eigenvalue weighted by molar-refractivity contribution is -0.120. The van der Waals surface area contributed by atoms with Gasteiger partial charge in [0, 0.05) is 20.1 Å². The van der Waals surface area contributed by atoms with Crippen LogP contribution in [-0.4, -0.2) is 29.4 Å². The van der Waals surface area contributed by atoms with Gasteiger partial charge in [-0.3, -0.25) is 4.79 Å². The Morgan fingerprint density at radius 2 is 1.97 bits per heavy atom. The Labute approximate surface area is 188 Å². The minimum absolute atomic E-state index is 0.181. The molecule has 0 unspecified atom stereocenters. The van der Waals surface area contributed by atoms with E-state index in [0.717, 1.165) is 20.6 Å². The predicted molar refractivity (Wildman–Crippen MR) is 121 cm³/mol. The standard InChI is InChI=1S/C21H22BrClN2O3S/c1-21(2,3)28-20(27)24-16-12-29-18-10-14(22)6-9-17(18)25(19(16)26)11-13-4-7-15(23)8-5-13/h4-10,16H,11-12H2,1-3H3,(H,24,27)/t16-/m0/s1. The highest BCUT2D eigenvalue weighted by Crippen LogP contribution is 2.37. The van der Waals surface area contributed by atoms with Gasteiger partial charge in [-0.2, -0.15) is 0 Å². The van der Waals surface area contributed by atoms with E-state index < -0.39 is 17.7 Å². The number of carbonyl (C=O) groups is 2. The van der Waals surface area contributed by atoms with Gasteiger partial charge in [0.05, 0.1) is 12.2 Å². The van der Waals surface area contributed by atoms with Crippen LogP contribution in [0, 0.1) is 0 Å². The first-order valence-corrected chi connectivity index (χ1v) is 11.3. The summed E-state index contributed by atoms with van der Waals surface area (Å²) >= 11 is 11.0. The summed E-state index contributed by atoms with van der Waals surface area (Å²) in [5, 5.41) is 3.37. The lowest BCUT2D eigenvalue weighted by atomic mass is 10.1. The van der Waals surface area contributed by atoms with Crippen LogP contribution >= 0.6 is 39.3 Å². The molecular weight excluding hydrogens is 476 g/mol. The van der Waals surface area contributed by atoms with E-state index in [1.165, 1.54) is 11.8 Å². The van der Waals surface area contributed by atoms with Crippen LogP contribution in [0.15, 0.2) is 51.8 Å². The van der Waals surface area contributed by atoms with Crippen molar-refractivity contribution in [3.63, 3.8) is 0 Å². The van der Waals surface area contributed by atoms with E-state index >= 15 is 0 Å². The SMILES string of the molecule is CC(C)(C)OC(=O)N[C@H]1CSc2cc(Br)ccc2N(Cc2ccc(Cl)cc2)C1=O. The number of fused-ring (bicyclic) bond motifs is 1. The molecule has 2 aromatic carbocycles. The Bertz CT molecular complexity index is 915. The van der Waals surface area contributed by atoms with Gasteiger partial charge in [-0.1, -0.05) is 39.7 Å². The highest BCUT2D eigenvalue weighted by molar-refractivity contribution is 9.10. The summed E-state index contributed by atoms with van der Waals surface area (Å²) in [5.74, 6) is 0.234. The molecule has 1 atom stereocenters. The summed E-state index contributed by atoms with van der Waals surface area (Å²) in [7, 11) is 0. The molecule has 0 aliphatic carbocycles. The number of anilines is 1. The number of rotatable bonds is 3. The fourth-order valence-corrected chi connectivity index (χ4v) is 4.61. The van der Waals surface area contributed by atoms with Crippen molar-refractivity contribution < 1.29 is 14.3 Å². The average Bonchev–Trinajstić information content (AvgIpc) is 2.74. The maximum absolute atomic E-state index is 13.4. The van der Waals surface area contributed by atoms with Crippen molar-refractivity contribution in [2.45, 2.75) is 43.9 Å². The third-order valence-electron chi connectivity index (χ3n) is 4.13. The quantitative estimate of drug-likeness (QED) is 0.597. The summed E-state index contributed by atoms with van der Waals surface area (Å²) in [6, 6.07) is 12.5. The average molecular weight is 498 g/mol. The number of ether oxygens (including phenoxy) is 1. The number of halogens is 2. The van der Waals surface area contributed by atoms with Crippen LogP contribution in [0.1, 0.15) is 26.3 Å². The number of hydrogen-bond donors (Lipinski definition) is 1. The molecule has 3 rings (SSSR count). The summed E-state index contributed by atoms with van der Waals surface area (Å²) in [5.41, 5.74) is 1.12. The fraction of sp³-hybridized carbons (Fsp3) is 0.333. The lowest BCUT2D eigenvalue weighted by Gasteiger charge is -2.27. The summed E-state index contributed by atoms with van der Waals surface area (Å²) in [6.07, 6.45) is -0.602. The maximum atomic E-state index is 13.4. The monoisotopic (exact) mass is 496 g/mol. The van der Waals surface area contributed by atoms with Crippen molar-refractivity contribution in [3.8, 4) is 0 Å². The third kappa shape index (κ3) is 5.90. The van der Waals surface area contributed by atoms with Gasteiger partial charge in [-0.15, -0.1) is 11.8 Å². The van der Waals surface area contributed by atoms with Crippen molar-refractivity contribution in [1.29, 1.82) is 0 Å². The van der Waals surface area contributed by atoms with Crippen molar-refractivity contribution in [3.05, 3.63) is 57.5 Å². The molecule has 2 aromatic rings. The van der Waals surface area contributed by atoms with E-state index in [0.29, 0.717) is 17.3 Å². The van der Waals surface area contributed by atoms with Crippen molar-refractivity contribution in [2.75, 3.05) is 10.7 Å². The van der Waals surface area contributed by atoms with Gasteiger partial charge in [-0.05, 0) is 56.7 Å². The second-order valence-corrected chi connectivity index (χ2v) is 10.1. The molecule has 0 aromatic heterocycles. The molecule has 1 heterocycles. The number of benzene rings is 2. The first-order chi connectivity index (χ1) is 13.6. The van der Waals surface area contributed by atoms with Gasteiger partial charge in [-0.25, -0.2) is 4.79 Å². The van der Waals surface area contributed by atoms with Crippen LogP contribution in [0.3, 0.4) is 0 Å². The van der Waals surface area contributed by atoms with Crippen molar-refractivity contribution in [1.82, 2.24) is 5.32 Å². The summed E-state index contributed by atoms with van der Waals surface area (Å²) in [6.45, 7) is 5.74. The normalized spacial score (nSPS) is 16.8. The number of amides is 2. The largest absolute Gasteiger partial charge is 0.444 e. The highest BCUT2D eigenvalue weighted by atomic mass is 79.9. The molecule has 1 N–H and O–H groups in total. The molecule has 5 nitrogen and oxygen atoms in total. The van der Waals surface area contributed by atoms with Gasteiger partial charge in [0.15, 0.2) is 0 Å². The zero-order chi connectivity index (χ0) is 21.2. The smallest absolute Gasteiger partial charge is 0.408 e. The second kappa shape index (κ2) is 8.98. The first-order valence-electron chi connectivity index (χ1n) is 9.10. The minimum Gasteiger partial charge on any atom is -0.444 e. The number of nitrogens with one attached hydrogen (secondary N) is 1. The molecule has 0 bridgehead atoms. The molecule has 0 fully saturated rings. The molecular formula is C21H22BrClN2O3S. The topological polar surface area (TPSA) is 58.6 Å². The molecule has 0 saturated carbocycles. The Kier molecular flexibility index (Phi) is 6.81. The Hall–Kier alpha value is -1.70. The zero-order valence-electron chi connectivity index (χ0n) is 16.4. The van der Waals surface area contributed by atoms with Gasteiger partial charge in [0.2, 0.25) is 0 Å². The van der Waals surface area contributed by atoms with E-state index in [1.54, 1.807) is 37.8 Å². The first kappa shape index (κ1) is 22.0. The van der Waals surface area contributed by atoms with E-state index in [2.05, 4.69) is 21.2 Å². The molecule has 0 spiro atoms. The highest BCUT2D eigenvalue weighted by Gasteiger charge is 2.33.